The molecule has 96 valence electrons. The van der Waals surface area contributed by atoms with Crippen molar-refractivity contribution in [2.45, 2.75) is 30.7 Å². The zero-order valence-corrected chi connectivity index (χ0v) is 10.9. The predicted molar refractivity (Wildman–Crippen MR) is 48.2 cm³/mol. The first-order chi connectivity index (χ1) is 7.22. The van der Waals surface area contributed by atoms with Gasteiger partial charge in [-0.1, -0.05) is 0 Å². The van der Waals surface area contributed by atoms with Crippen LogP contribution in [0.5, 0.6) is 0 Å². The molecule has 1 fully saturated rings. The van der Waals surface area contributed by atoms with Crippen LogP contribution in [-0.4, -0.2) is 80.8 Å². The van der Waals surface area contributed by atoms with Crippen molar-refractivity contribution in [1.29, 1.82) is 0 Å². The van der Waals surface area contributed by atoms with Crippen LogP contribution in [0.2, 0.25) is 0 Å². The Bertz CT molecular complexity index is 283. The normalized spacial score (nSPS) is 38.6. The molecule has 4 N–H and O–H groups in total. The van der Waals surface area contributed by atoms with Crippen molar-refractivity contribution in [2.75, 3.05) is 6.61 Å². The van der Waals surface area contributed by atoms with Crippen LogP contribution in [0.1, 0.15) is 0 Å². The van der Waals surface area contributed by atoms with Crippen LogP contribution in [-0.2, 0) is 13.8 Å². The van der Waals surface area contributed by atoms with Gasteiger partial charge in [-0.25, -0.2) is 0 Å². The molecule has 5 atom stereocenters. The summed E-state index contributed by atoms with van der Waals surface area (Å²) in [5.74, 6) is 0. The summed E-state index contributed by atoms with van der Waals surface area (Å²) in [5.41, 5.74) is 0. The van der Waals surface area contributed by atoms with Gasteiger partial charge in [0.15, 0.2) is 6.29 Å². The van der Waals surface area contributed by atoms with E-state index in [1.165, 1.54) is 0 Å². The maximum Gasteiger partial charge on any atom is 2.00 e. The third kappa shape index (κ3) is 5.05. The van der Waals surface area contributed by atoms with Crippen molar-refractivity contribution in [3.8, 4) is 0 Å². The number of phosphoric ester groups is 1. The van der Waals surface area contributed by atoms with Gasteiger partial charge in [-0.15, -0.1) is 0 Å². The average molecular weight is 282 g/mol. The monoisotopic (exact) mass is 282 g/mol. The first-order valence-electron chi connectivity index (χ1n) is 4.26. The van der Waals surface area contributed by atoms with Crippen LogP contribution >= 0.6 is 7.82 Å². The average Bonchev–Trinajstić information content (AvgIpc) is 2.17. The summed E-state index contributed by atoms with van der Waals surface area (Å²) in [4.78, 5) is 20.3. The van der Waals surface area contributed by atoms with Crippen molar-refractivity contribution in [2.24, 2.45) is 0 Å². The van der Waals surface area contributed by atoms with Gasteiger partial charge >= 0.3 is 23.1 Å². The maximum absolute atomic E-state index is 10.1. The van der Waals surface area contributed by atoms with Crippen LogP contribution in [0.4, 0.5) is 0 Å². The Morgan fingerprint density at radius 2 is 1.65 bits per heavy atom. The van der Waals surface area contributed by atoms with Gasteiger partial charge in [-0.2, -0.15) is 0 Å². The summed E-state index contributed by atoms with van der Waals surface area (Å²) in [6.45, 7) is -0.855. The molecule has 0 bridgehead atoms. The minimum Gasteiger partial charge on any atom is -0.790 e. The molecule has 17 heavy (non-hydrogen) atoms. The summed E-state index contributed by atoms with van der Waals surface area (Å²) in [6, 6.07) is 0. The second-order valence-electron chi connectivity index (χ2n) is 3.28. The summed E-state index contributed by atoms with van der Waals surface area (Å²) in [7, 11) is -5.23. The molecule has 9 nitrogen and oxygen atoms in total. The SMILES string of the molecule is O=P([O-])([O-])OC[C@H]1OC(O)[C@H](O)[C@@H](O)[C@@H]1O.[Mg+2]. The van der Waals surface area contributed by atoms with Crippen LogP contribution in [0.25, 0.3) is 0 Å². The van der Waals surface area contributed by atoms with E-state index in [-0.39, 0.29) is 23.1 Å². The van der Waals surface area contributed by atoms with E-state index in [0.29, 0.717) is 0 Å². The fraction of sp³-hybridized carbons (Fsp3) is 1.00. The van der Waals surface area contributed by atoms with E-state index in [2.05, 4.69) is 9.26 Å². The predicted octanol–water partition coefficient (Wildman–Crippen LogP) is -4.75. The Labute approximate surface area is 112 Å². The Morgan fingerprint density at radius 3 is 2.12 bits per heavy atom. The molecule has 11 heteroatoms. The fourth-order valence-electron chi connectivity index (χ4n) is 1.23. The number of aliphatic hydroxyl groups excluding tert-OH is 4. The maximum atomic E-state index is 10.1. The topological polar surface area (TPSA) is 163 Å². The quantitative estimate of drug-likeness (QED) is 0.294. The molecule has 0 aromatic heterocycles. The second-order valence-corrected chi connectivity index (χ2v) is 4.43. The van der Waals surface area contributed by atoms with Crippen molar-refractivity contribution in [3.63, 3.8) is 0 Å². The molecule has 1 heterocycles. The molecule has 0 saturated carbocycles. The van der Waals surface area contributed by atoms with Gasteiger partial charge < -0.3 is 44.0 Å². The molecule has 1 aliphatic rings. The Kier molecular flexibility index (Phi) is 7.00. The number of ether oxygens (including phenoxy) is 1. The van der Waals surface area contributed by atoms with E-state index >= 15 is 0 Å². The molecular formula is C6H11MgO9P. The number of hydrogen-bond acceptors (Lipinski definition) is 9. The van der Waals surface area contributed by atoms with Gasteiger partial charge in [0.2, 0.25) is 0 Å². The molecule has 0 radical (unpaired) electrons. The zero-order valence-electron chi connectivity index (χ0n) is 8.58. The minimum atomic E-state index is -5.23. The third-order valence-electron chi connectivity index (χ3n) is 2.08. The van der Waals surface area contributed by atoms with E-state index in [4.69, 9.17) is 10.2 Å². The van der Waals surface area contributed by atoms with Gasteiger partial charge in [0.05, 0.1) is 14.4 Å². The molecule has 1 rings (SSSR count). The van der Waals surface area contributed by atoms with E-state index in [1.54, 1.807) is 0 Å². The van der Waals surface area contributed by atoms with Crippen LogP contribution in [0.15, 0.2) is 0 Å². The summed E-state index contributed by atoms with van der Waals surface area (Å²) in [5, 5.41) is 36.6. The van der Waals surface area contributed by atoms with E-state index < -0.39 is 45.1 Å². The van der Waals surface area contributed by atoms with Gasteiger partial charge in [-0.3, -0.25) is 0 Å². The largest absolute Gasteiger partial charge is 2.00 e. The molecule has 1 saturated heterocycles. The smallest absolute Gasteiger partial charge is 0.790 e. The van der Waals surface area contributed by atoms with Crippen molar-refractivity contribution in [3.05, 3.63) is 0 Å². The molecule has 0 amide bonds. The first-order valence-corrected chi connectivity index (χ1v) is 5.73. The van der Waals surface area contributed by atoms with E-state index in [9.17, 15) is 24.6 Å². The zero-order chi connectivity index (χ0) is 12.5. The van der Waals surface area contributed by atoms with Gasteiger partial charge in [0, 0.05) is 0 Å². The van der Waals surface area contributed by atoms with Crippen LogP contribution in [0, 0.1) is 0 Å². The van der Waals surface area contributed by atoms with Crippen molar-refractivity contribution < 1.29 is 44.0 Å². The minimum absolute atomic E-state index is 0. The van der Waals surface area contributed by atoms with E-state index in [1.807, 2.05) is 0 Å². The molecule has 0 aromatic rings. The third-order valence-corrected chi connectivity index (χ3v) is 2.55. The van der Waals surface area contributed by atoms with Gasteiger partial charge in [0.25, 0.3) is 0 Å². The summed E-state index contributed by atoms with van der Waals surface area (Å²) in [6.07, 6.45) is -8.35. The first kappa shape index (κ1) is 17.7. The Balaban J connectivity index is 0.00000256. The molecule has 0 spiro atoms. The van der Waals surface area contributed by atoms with Gasteiger partial charge in [0.1, 0.15) is 24.4 Å². The Morgan fingerprint density at radius 1 is 1.12 bits per heavy atom. The van der Waals surface area contributed by atoms with Gasteiger partial charge in [-0.05, 0) is 0 Å². The standard InChI is InChI=1S/C6H13O9P.Mg/c7-3-2(1-14-16(11,12)13)15-6(10)5(9)4(3)8;/h2-10H,1H2,(H2,11,12,13);/q;+2/p-2/t2-,3-,4+,5-,6?;/m1./s1. The van der Waals surface area contributed by atoms with Crippen molar-refractivity contribution >= 4 is 30.9 Å². The molecule has 0 aromatic carbocycles. The molecule has 0 aliphatic carbocycles. The second kappa shape index (κ2) is 6.73. The van der Waals surface area contributed by atoms with Crippen LogP contribution in [0.3, 0.4) is 0 Å². The van der Waals surface area contributed by atoms with Crippen molar-refractivity contribution in [1.82, 2.24) is 0 Å². The molecular weight excluding hydrogens is 271 g/mol. The van der Waals surface area contributed by atoms with Crippen LogP contribution < -0.4 is 9.79 Å². The number of rotatable bonds is 3. The molecule has 1 aliphatic heterocycles. The number of aliphatic hydroxyl groups is 4. The number of phosphoric acid groups is 1. The fourth-order valence-corrected chi connectivity index (χ4v) is 1.56. The molecule has 1 unspecified atom stereocenters. The van der Waals surface area contributed by atoms with E-state index in [0.717, 1.165) is 0 Å². The number of hydrogen-bond donors (Lipinski definition) is 4. The Hall–Kier alpha value is 0.676. The summed E-state index contributed by atoms with van der Waals surface area (Å²) < 4.78 is 18.5. The summed E-state index contributed by atoms with van der Waals surface area (Å²) >= 11 is 0.